The lowest BCUT2D eigenvalue weighted by Crippen LogP contribution is -2.72. The molecule has 0 amide bonds. The zero-order chi connectivity index (χ0) is 63.3. The number of carbonyl (C=O) groups excluding carboxylic acids is 2. The quantitative estimate of drug-likeness (QED) is 0.0357. The second-order valence-electron chi connectivity index (χ2n) is 27.5. The molecule has 14 N–H and O–H groups in total. The highest BCUT2D eigenvalue weighted by molar-refractivity contribution is 5.87. The van der Waals surface area contributed by atoms with Crippen LogP contribution in [0, 0.1) is 50.2 Å². The molecule has 86 heavy (non-hydrogen) atoms. The zero-order valence-electron chi connectivity index (χ0n) is 50.1. The molecule has 0 radical (unpaired) electrons. The monoisotopic (exact) mass is 1230 g/mol. The Labute approximate surface area is 498 Å². The maximum atomic E-state index is 13.4. The summed E-state index contributed by atoms with van der Waals surface area (Å²) >= 11 is 0. The third kappa shape index (κ3) is 11.1. The van der Waals surface area contributed by atoms with Crippen molar-refractivity contribution >= 4 is 17.9 Å². The van der Waals surface area contributed by atoms with E-state index < -0.39 is 218 Å². The van der Waals surface area contributed by atoms with Crippen LogP contribution in [-0.4, -0.2) is 257 Å². The number of aliphatic hydroxyl groups is 13. The van der Waals surface area contributed by atoms with Crippen LogP contribution in [0.5, 0.6) is 0 Å². The predicted octanol–water partition coefficient (Wildman–Crippen LogP) is -2.22. The summed E-state index contributed by atoms with van der Waals surface area (Å²) in [4.78, 5) is 39.1. The van der Waals surface area contributed by atoms with E-state index in [4.69, 9.17) is 47.4 Å². The van der Waals surface area contributed by atoms with E-state index in [0.29, 0.717) is 37.7 Å². The first-order valence-corrected chi connectivity index (χ1v) is 30.0. The fourth-order valence-corrected chi connectivity index (χ4v) is 17.0. The van der Waals surface area contributed by atoms with Crippen LogP contribution in [0.1, 0.15) is 107 Å². The number of rotatable bonds is 15. The van der Waals surface area contributed by atoms with Gasteiger partial charge in [0.05, 0.1) is 44.1 Å². The Morgan fingerprint density at radius 2 is 1.30 bits per heavy atom. The van der Waals surface area contributed by atoms with E-state index in [9.17, 15) is 85.9 Å². The molecule has 0 bridgehead atoms. The average molecular weight is 1230 g/mol. The number of aliphatic carboxylic acids is 1. The number of hydrogen-bond acceptors (Lipinski definition) is 26. The van der Waals surface area contributed by atoms with E-state index in [0.717, 1.165) is 5.57 Å². The first-order valence-electron chi connectivity index (χ1n) is 30.0. The third-order valence-electron chi connectivity index (χ3n) is 22.4. The Bertz CT molecular complexity index is 2510. The van der Waals surface area contributed by atoms with Crippen LogP contribution >= 0.6 is 0 Å². The molecule has 9 aliphatic rings. The number of esters is 2. The van der Waals surface area contributed by atoms with Crippen LogP contribution in [-0.2, 0) is 61.8 Å². The molecule has 0 aromatic carbocycles. The maximum Gasteiger partial charge on any atom is 0.335 e. The molecule has 9 rings (SSSR count). The van der Waals surface area contributed by atoms with Crippen molar-refractivity contribution in [3.05, 3.63) is 23.3 Å². The van der Waals surface area contributed by atoms with E-state index in [-0.39, 0.29) is 31.3 Å². The van der Waals surface area contributed by atoms with Gasteiger partial charge >= 0.3 is 17.9 Å². The second kappa shape index (κ2) is 24.9. The van der Waals surface area contributed by atoms with Crippen molar-refractivity contribution < 1.29 is 133 Å². The van der Waals surface area contributed by atoms with Crippen LogP contribution in [0.25, 0.3) is 0 Å². The SMILES string of the molecule is C/C=C(/C)C(=O)O[C@H]1[C@H](O)[C@]2(COC(C)=O)[C@H](O)C[C@]3(C)C(=CC[C@@H]4[C@@]5(C)CC[C@H](O[C@@H]6O[C@H](C(=O)O)[C@@H](O)[C@H](O[C@@H]7OC[C@H](O)[C@H](O)[C@H]7OC7OCC(O)C(O)C7O)[C@H]6O[C@@H]6O[C@H](CO)[C@H](O)[C@H](O)[C@H]6O)[C@@](C)(CO)[C@@H]5CC[C@]43C)[C@@H]2CC1(C)C. The number of carbonyl (C=O) groups is 3. The van der Waals surface area contributed by atoms with Gasteiger partial charge in [0.15, 0.2) is 31.3 Å². The minimum absolute atomic E-state index is 0.118. The van der Waals surface area contributed by atoms with E-state index in [1.165, 1.54) is 6.92 Å². The van der Waals surface area contributed by atoms with Crippen molar-refractivity contribution in [2.24, 2.45) is 50.2 Å². The normalized spacial score (nSPS) is 51.2. The Hall–Kier alpha value is -2.95. The van der Waals surface area contributed by atoms with Gasteiger partial charge in [-0.3, -0.25) is 4.79 Å². The molecule has 0 aromatic rings. The molecule has 4 saturated carbocycles. The van der Waals surface area contributed by atoms with Gasteiger partial charge in [0.25, 0.3) is 0 Å². The van der Waals surface area contributed by atoms with Gasteiger partial charge in [0.2, 0.25) is 0 Å². The van der Waals surface area contributed by atoms with E-state index in [1.807, 2.05) is 20.8 Å². The molecule has 4 heterocycles. The van der Waals surface area contributed by atoms with Gasteiger partial charge in [-0.05, 0) is 92.8 Å². The molecular weight excluding hydrogens is 1140 g/mol. The summed E-state index contributed by atoms with van der Waals surface area (Å²) in [6.45, 7) is 13.9. The Morgan fingerprint density at radius 3 is 1.93 bits per heavy atom. The van der Waals surface area contributed by atoms with E-state index in [1.54, 1.807) is 19.9 Å². The highest BCUT2D eigenvalue weighted by Gasteiger charge is 2.74. The lowest BCUT2D eigenvalue weighted by atomic mass is 9.33. The number of carboxylic acids is 1. The smallest absolute Gasteiger partial charge is 0.335 e. The fraction of sp³-hybridized carbons (Fsp3) is 0.881. The van der Waals surface area contributed by atoms with Crippen molar-refractivity contribution in [1.29, 1.82) is 0 Å². The summed E-state index contributed by atoms with van der Waals surface area (Å²) in [6.07, 6.45) is -32.7. The van der Waals surface area contributed by atoms with Crippen molar-refractivity contribution in [2.45, 2.75) is 242 Å². The average Bonchev–Trinajstić information content (AvgIpc) is 0.771. The van der Waals surface area contributed by atoms with Crippen molar-refractivity contribution in [3.8, 4) is 0 Å². The van der Waals surface area contributed by atoms with Crippen LogP contribution in [0.3, 0.4) is 0 Å². The first kappa shape index (κ1) is 67.4. The Balaban J connectivity index is 1.05. The summed E-state index contributed by atoms with van der Waals surface area (Å²) < 4.78 is 60.2. The molecule has 30 atom stereocenters. The Kier molecular flexibility index (Phi) is 19.5. The molecule has 27 heteroatoms. The molecule has 27 nitrogen and oxygen atoms in total. The summed E-state index contributed by atoms with van der Waals surface area (Å²) in [7, 11) is 0. The molecule has 8 fully saturated rings. The highest BCUT2D eigenvalue weighted by Crippen LogP contribution is 2.76. The van der Waals surface area contributed by atoms with Crippen molar-refractivity contribution in [1.82, 2.24) is 0 Å². The summed E-state index contributed by atoms with van der Waals surface area (Å²) in [6, 6.07) is 0. The van der Waals surface area contributed by atoms with E-state index in [2.05, 4.69) is 26.8 Å². The van der Waals surface area contributed by atoms with Crippen LogP contribution < -0.4 is 0 Å². The van der Waals surface area contributed by atoms with Crippen LogP contribution in [0.2, 0.25) is 0 Å². The number of aliphatic hydroxyl groups excluding tert-OH is 13. The van der Waals surface area contributed by atoms with Crippen LogP contribution in [0.4, 0.5) is 0 Å². The standard InChI is InChI=1S/C59H92O27/c1-10-24(2)49(76)86-47-46(73)59(23-79-25(3)62)27(17-54(47,4)5)26-11-12-32-55(6)15-14-34(56(7,22-61)31(55)13-16-57(32,8)58(26,9)18-33(59)65)81-53-45(85-51-40(71)38(69)37(68)30(19-60)80-51)42(41(72)43(83-53)48(74)75)82-52-44(36(67)29(64)21-78-52)84-50-39(70)35(66)28(63)20-77-50/h10-11,27-47,50-53,60-61,63-73H,12-23H2,1-9H3,(H,74,75)/b24-10-/t27-,28?,29-,30+,31+,32+,33+,34-,35?,36-,37-,38-,39?,40+,41-,42-,43-,44+,45+,46-,47-,50?,51-,52-,53+,55-,56-,57+,58+,59-/m0/s1. The van der Waals surface area contributed by atoms with Gasteiger partial charge in [0, 0.05) is 23.3 Å². The predicted molar refractivity (Wildman–Crippen MR) is 290 cm³/mol. The topological polar surface area (TPSA) is 427 Å². The number of allylic oxidation sites excluding steroid dienone is 3. The van der Waals surface area contributed by atoms with Crippen molar-refractivity contribution in [2.75, 3.05) is 33.0 Å². The molecule has 490 valence electrons. The molecule has 0 aromatic heterocycles. The van der Waals surface area contributed by atoms with Gasteiger partial charge in [-0.1, -0.05) is 59.3 Å². The summed E-state index contributed by atoms with van der Waals surface area (Å²) in [5, 5.41) is 157. The second-order valence-corrected chi connectivity index (χ2v) is 27.5. The molecule has 5 aliphatic carbocycles. The first-order chi connectivity index (χ1) is 40.2. The Morgan fingerprint density at radius 1 is 0.674 bits per heavy atom. The van der Waals surface area contributed by atoms with Gasteiger partial charge in [0.1, 0.15) is 98.2 Å². The van der Waals surface area contributed by atoms with Gasteiger partial charge in [-0.15, -0.1) is 0 Å². The van der Waals surface area contributed by atoms with E-state index >= 15 is 0 Å². The third-order valence-corrected chi connectivity index (χ3v) is 22.4. The lowest BCUT2D eigenvalue weighted by Gasteiger charge is -2.72. The molecule has 4 saturated heterocycles. The van der Waals surface area contributed by atoms with Crippen LogP contribution in [0.15, 0.2) is 23.3 Å². The fourth-order valence-electron chi connectivity index (χ4n) is 17.0. The highest BCUT2D eigenvalue weighted by atomic mass is 16.8. The zero-order valence-corrected chi connectivity index (χ0v) is 50.1. The molecule has 4 aliphatic heterocycles. The molecule has 4 unspecified atom stereocenters. The van der Waals surface area contributed by atoms with Gasteiger partial charge in [-0.25, -0.2) is 9.59 Å². The number of carboxylic acid groups (broad SMARTS) is 1. The van der Waals surface area contributed by atoms with Gasteiger partial charge < -0.3 is 119 Å². The van der Waals surface area contributed by atoms with Gasteiger partial charge in [-0.2, -0.15) is 0 Å². The minimum atomic E-state index is -2.26. The molecular formula is C59H92O27. The van der Waals surface area contributed by atoms with Crippen molar-refractivity contribution in [3.63, 3.8) is 0 Å². The summed E-state index contributed by atoms with van der Waals surface area (Å²) in [5.41, 5.74) is -4.00. The number of hydrogen-bond donors (Lipinski definition) is 14. The minimum Gasteiger partial charge on any atom is -0.479 e. The lowest BCUT2D eigenvalue weighted by molar-refractivity contribution is -0.400. The number of ether oxygens (including phenoxy) is 10. The largest absolute Gasteiger partial charge is 0.479 e. The maximum absolute atomic E-state index is 13.4. The molecule has 0 spiro atoms. The summed E-state index contributed by atoms with van der Waals surface area (Å²) in [5.74, 6) is -3.96. The number of fused-ring (bicyclic) bond motifs is 7.